The van der Waals surface area contributed by atoms with E-state index in [0.29, 0.717) is 0 Å². The van der Waals surface area contributed by atoms with Crippen LogP contribution in [0.4, 0.5) is 22.7 Å². The minimum Gasteiger partial charge on any atom is -0.290 e. The minimum absolute atomic E-state index is 0.0348. The fraction of sp³-hybridized carbons (Fsp3) is 0. The van der Waals surface area contributed by atoms with Gasteiger partial charge in [0.25, 0.3) is 0 Å². The van der Waals surface area contributed by atoms with Gasteiger partial charge in [0.1, 0.15) is 0 Å². The Morgan fingerprint density at radius 1 is 0.654 bits per heavy atom. The van der Waals surface area contributed by atoms with Crippen LogP contribution in [0.5, 0.6) is 0 Å². The number of nitrogens with zero attached hydrogens (tertiary/aromatic N) is 4. The molecule has 0 spiro atoms. The first-order valence-corrected chi connectivity index (χ1v) is 6.62. The van der Waals surface area contributed by atoms with Crippen LogP contribution in [0.15, 0.2) is 23.8 Å². The number of rotatable bonds is 4. The lowest BCUT2D eigenvalue weighted by Crippen LogP contribution is -2.31. The highest BCUT2D eigenvalue weighted by molar-refractivity contribution is 6.10. The Morgan fingerprint density at radius 2 is 1.15 bits per heavy atom. The van der Waals surface area contributed by atoms with E-state index in [0.717, 1.165) is 24.3 Å². The van der Waals surface area contributed by atoms with Crippen molar-refractivity contribution in [2.45, 2.75) is 0 Å². The van der Waals surface area contributed by atoms with E-state index >= 15 is 0 Å². The van der Waals surface area contributed by atoms with Crippen molar-refractivity contribution in [1.82, 2.24) is 0 Å². The Bertz CT molecular complexity index is 1160. The summed E-state index contributed by atoms with van der Waals surface area (Å²) in [5.74, 6) is -0.512. The minimum atomic E-state index is -1.59. The summed E-state index contributed by atoms with van der Waals surface area (Å²) >= 11 is 0. The highest BCUT2D eigenvalue weighted by Gasteiger charge is 2.48. The fourth-order valence-electron chi connectivity index (χ4n) is 2.88. The molecule has 3 rings (SSSR count). The Hall–Kier alpha value is -4.29. The molecule has 0 bridgehead atoms. The Balaban J connectivity index is 2.74. The molecule has 0 amide bonds. The van der Waals surface area contributed by atoms with Crippen molar-refractivity contribution in [1.29, 1.82) is 0 Å². The first kappa shape index (κ1) is 16.6. The summed E-state index contributed by atoms with van der Waals surface area (Å²) < 4.78 is 0. The van der Waals surface area contributed by atoms with Crippen LogP contribution in [0.1, 0.15) is 0 Å². The number of benzene rings is 1. The molecule has 0 N–H and O–H groups in total. The Morgan fingerprint density at radius 3 is 1.65 bits per heavy atom. The maximum Gasteiger partial charge on any atom is 0.430 e. The topological polar surface area (TPSA) is 190 Å². The molecule has 0 aromatic heterocycles. The zero-order valence-corrected chi connectivity index (χ0v) is 12.3. The Kier molecular flexibility index (Phi) is 3.42. The summed E-state index contributed by atoms with van der Waals surface area (Å²) in [6.45, 7) is 0. The van der Waals surface area contributed by atoms with Gasteiger partial charge in [0.2, 0.25) is 0 Å². The summed E-state index contributed by atoms with van der Waals surface area (Å²) in [7, 11) is 0. The van der Waals surface area contributed by atoms with E-state index in [1.54, 1.807) is 0 Å². The van der Waals surface area contributed by atoms with Gasteiger partial charge in [0.15, 0.2) is 5.78 Å². The molecule has 0 unspecified atom stereocenters. The summed E-state index contributed by atoms with van der Waals surface area (Å²) in [4.78, 5) is 51.6. The first-order valence-electron chi connectivity index (χ1n) is 6.62. The lowest BCUT2D eigenvalue weighted by atomic mass is 10.00. The number of carbonyl (C=O) groups is 1. The van der Waals surface area contributed by atoms with E-state index in [-0.39, 0.29) is 11.1 Å². The van der Waals surface area contributed by atoms with Crippen molar-refractivity contribution in [3.8, 4) is 0 Å². The maximum atomic E-state index is 11.5. The molecule has 13 nitrogen and oxygen atoms in total. The number of hydrogen-bond acceptors (Lipinski definition) is 9. The van der Waals surface area contributed by atoms with E-state index in [4.69, 9.17) is 0 Å². The molecule has 1 aromatic carbocycles. The molecule has 0 fully saturated rings. The molecule has 0 heterocycles. The third-order valence-electron chi connectivity index (χ3n) is 3.76. The predicted octanol–water partition coefficient (Wildman–Crippen LogP) is 0.329. The molecule has 26 heavy (non-hydrogen) atoms. The average molecular weight is 360 g/mol. The van der Waals surface area contributed by atoms with Gasteiger partial charge >= 0.3 is 22.7 Å². The van der Waals surface area contributed by atoms with Gasteiger partial charge in [0.05, 0.1) is 30.1 Å². The highest BCUT2D eigenvalue weighted by atomic mass is 16.7. The molecular formula is C13H4N4O9. The highest BCUT2D eigenvalue weighted by Crippen LogP contribution is 2.40. The lowest BCUT2D eigenvalue weighted by molar-refractivity contribution is -0.452. The quantitative estimate of drug-likeness (QED) is 0.537. The van der Waals surface area contributed by atoms with Gasteiger partial charge in [-0.1, -0.05) is 0 Å². The van der Waals surface area contributed by atoms with Gasteiger partial charge in [-0.05, 0) is 35.5 Å². The van der Waals surface area contributed by atoms with Crippen LogP contribution in [-0.2, 0) is 4.79 Å². The van der Waals surface area contributed by atoms with Crippen LogP contribution >= 0.6 is 0 Å². The lowest BCUT2D eigenvalue weighted by Gasteiger charge is -2.03. The molecule has 2 aliphatic rings. The van der Waals surface area contributed by atoms with Crippen LogP contribution < -0.4 is 10.4 Å². The number of nitro benzene ring substituents is 4. The normalized spacial score (nSPS) is 14.2. The molecular weight excluding hydrogens is 356 g/mol. The molecule has 1 aromatic rings. The second-order valence-electron chi connectivity index (χ2n) is 5.10. The summed E-state index contributed by atoms with van der Waals surface area (Å²) in [5, 5.41) is 44.4. The number of ketones is 1. The number of fused-ring (bicyclic) bond motifs is 2. The van der Waals surface area contributed by atoms with Gasteiger partial charge < -0.3 is 0 Å². The average Bonchev–Trinajstić information content (AvgIpc) is 2.88. The van der Waals surface area contributed by atoms with Crippen molar-refractivity contribution in [3.63, 3.8) is 0 Å². The molecule has 13 heteroatoms. The second kappa shape index (κ2) is 5.37. The molecule has 0 saturated carbocycles. The monoisotopic (exact) mass is 360 g/mol. The van der Waals surface area contributed by atoms with Gasteiger partial charge in [-0.15, -0.1) is 0 Å². The molecule has 0 saturated heterocycles. The van der Waals surface area contributed by atoms with E-state index in [2.05, 4.69) is 0 Å². The number of allylic oxidation sites excluding steroid dienone is 4. The van der Waals surface area contributed by atoms with Crippen molar-refractivity contribution in [3.05, 3.63) is 74.7 Å². The zero-order chi connectivity index (χ0) is 19.3. The SMILES string of the molecule is O=C1C=CC2=c3c([N+](=O)[O-])c([N+](=O)[O-])c([N+](=O)[O-])c([N+](=O)[O-])c3=CC2=C1. The fourth-order valence-corrected chi connectivity index (χ4v) is 2.88. The van der Waals surface area contributed by atoms with Crippen LogP contribution in [0.3, 0.4) is 0 Å². The Labute approximate surface area is 140 Å². The predicted molar refractivity (Wildman–Crippen MR) is 82.4 cm³/mol. The first-order chi connectivity index (χ1) is 12.1. The van der Waals surface area contributed by atoms with Crippen molar-refractivity contribution in [2.24, 2.45) is 0 Å². The third kappa shape index (κ3) is 2.15. The number of nitro groups is 4. The van der Waals surface area contributed by atoms with Gasteiger partial charge in [-0.25, -0.2) is 0 Å². The molecule has 0 atom stereocenters. The molecule has 2 aliphatic carbocycles. The van der Waals surface area contributed by atoms with Crippen molar-refractivity contribution >= 4 is 40.2 Å². The number of carbonyl (C=O) groups excluding carboxylic acids is 1. The van der Waals surface area contributed by atoms with Crippen LogP contribution in [0.2, 0.25) is 0 Å². The summed E-state index contributed by atoms with van der Waals surface area (Å²) in [6.07, 6.45) is 4.14. The van der Waals surface area contributed by atoms with Crippen LogP contribution in [0.25, 0.3) is 11.6 Å². The van der Waals surface area contributed by atoms with E-state index < -0.39 is 58.7 Å². The van der Waals surface area contributed by atoms with Crippen molar-refractivity contribution in [2.75, 3.05) is 0 Å². The van der Waals surface area contributed by atoms with E-state index in [1.807, 2.05) is 0 Å². The molecule has 0 radical (unpaired) electrons. The van der Waals surface area contributed by atoms with Crippen LogP contribution in [-0.4, -0.2) is 25.5 Å². The third-order valence-corrected chi connectivity index (χ3v) is 3.76. The van der Waals surface area contributed by atoms with Crippen molar-refractivity contribution < 1.29 is 24.5 Å². The molecule has 0 aliphatic heterocycles. The van der Waals surface area contributed by atoms with Gasteiger partial charge in [0, 0.05) is 0 Å². The zero-order valence-electron chi connectivity index (χ0n) is 12.3. The molecule has 130 valence electrons. The maximum absolute atomic E-state index is 11.5. The van der Waals surface area contributed by atoms with E-state index in [9.17, 15) is 45.3 Å². The van der Waals surface area contributed by atoms with E-state index in [1.165, 1.54) is 0 Å². The standard InChI is InChI=1S/C13H4N4O9/c18-6-1-2-7-5(3-6)4-8-9(7)11(15(21)22)13(17(25)26)12(16(23)24)10(8)14(19)20/h1-4H. The largest absolute Gasteiger partial charge is 0.430 e. The van der Waals surface area contributed by atoms with Gasteiger partial charge in [-0.2, -0.15) is 0 Å². The van der Waals surface area contributed by atoms with Crippen LogP contribution in [0, 0.1) is 40.5 Å². The number of hydrogen-bond donors (Lipinski definition) is 0. The second-order valence-corrected chi connectivity index (χ2v) is 5.10. The smallest absolute Gasteiger partial charge is 0.290 e. The van der Waals surface area contributed by atoms with Gasteiger partial charge in [-0.3, -0.25) is 45.3 Å². The summed E-state index contributed by atoms with van der Waals surface area (Å²) in [5.41, 5.74) is -5.66. The summed E-state index contributed by atoms with van der Waals surface area (Å²) in [6, 6.07) is 0.